The molecule has 0 bridgehead atoms. The van der Waals surface area contributed by atoms with Crippen LogP contribution in [0.15, 0.2) is 12.4 Å². The van der Waals surface area contributed by atoms with Gasteiger partial charge in [-0.05, 0) is 133 Å². The van der Waals surface area contributed by atoms with Gasteiger partial charge < -0.3 is 27.4 Å². The molecule has 6 aromatic rings. The number of aryl methyl sites for hydroxylation is 9. The van der Waals surface area contributed by atoms with E-state index in [4.69, 9.17) is 4.98 Å². The van der Waals surface area contributed by atoms with Gasteiger partial charge in [-0.15, -0.1) is 0 Å². The summed E-state index contributed by atoms with van der Waals surface area (Å²) in [4.78, 5) is 27.2. The van der Waals surface area contributed by atoms with Crippen molar-refractivity contribution in [3.05, 3.63) is 104 Å². The van der Waals surface area contributed by atoms with Gasteiger partial charge in [-0.2, -0.15) is 0 Å². The molecule has 0 N–H and O–H groups in total. The van der Waals surface area contributed by atoms with Crippen molar-refractivity contribution >= 4 is 0 Å². The van der Waals surface area contributed by atoms with E-state index in [1.54, 1.807) is 0 Å². The molecule has 0 spiro atoms. The number of aromatic nitrogens is 12. The average Bonchev–Trinajstić information content (AvgIpc) is 4.29. The first-order valence-electron chi connectivity index (χ1n) is 28.1. The molecular formula is C60H100N12. The molecule has 0 radical (unpaired) electrons. The Bertz CT molecular complexity index is 2510. The molecule has 0 atom stereocenters. The summed E-state index contributed by atoms with van der Waals surface area (Å²) in [6.45, 7) is 27.3. The van der Waals surface area contributed by atoms with Crippen molar-refractivity contribution in [3.8, 4) is 0 Å². The van der Waals surface area contributed by atoms with Gasteiger partial charge in [0.2, 0.25) is 0 Å². The van der Waals surface area contributed by atoms with E-state index in [9.17, 15) is 0 Å². The molecule has 0 aliphatic heterocycles. The van der Waals surface area contributed by atoms with Gasteiger partial charge >= 0.3 is 0 Å². The fourth-order valence-electron chi connectivity index (χ4n) is 11.2. The first-order valence-corrected chi connectivity index (χ1v) is 28.1. The molecule has 0 aromatic carbocycles. The molecule has 6 heterocycles. The summed E-state index contributed by atoms with van der Waals surface area (Å²) in [5.41, 5.74) is 13.0. The van der Waals surface area contributed by atoms with E-state index in [-0.39, 0.29) is 0 Å². The summed E-state index contributed by atoms with van der Waals surface area (Å²) in [5, 5.41) is 0. The normalized spacial score (nSPS) is 16.6. The Balaban J connectivity index is 0.000000161. The molecule has 0 saturated heterocycles. The quantitative estimate of drug-likeness (QED) is 0.170. The number of rotatable bonds is 5. The summed E-state index contributed by atoms with van der Waals surface area (Å²) in [6, 6.07) is 0. The van der Waals surface area contributed by atoms with Crippen LogP contribution >= 0.6 is 0 Å². The lowest BCUT2D eigenvalue weighted by molar-refractivity contribution is 0.436. The standard InChI is InChI=1S/C12H20N2.2C11H18N2.C10H16N2.C9H16N2.C7H12N2/c1-9-12(13-10(2)14(9)3)11-7-5-4-6-8-11;1-8-11(10-6-4-5-7-10)12-9(2)13(8)3;1-9-12-11(8-13(9)2)10-6-4-3-5-7-10;1-8-11-10(7-12(8)2)9-5-3-4-6-9;1-6(2)9-7(3)11(5)8(4)10-9;1-5-6(2)9(4)7(3)8-5/h11H,4-8H2,1-3H3;10H,4-7H2,1-3H3;8,10H,3-7H2,1-2H3;7,9H,3-6H2,1-2H3;6H,1-5H3;1-4H3. The summed E-state index contributed by atoms with van der Waals surface area (Å²) in [6.07, 6.45) is 29.1. The monoisotopic (exact) mass is 989 g/mol. The van der Waals surface area contributed by atoms with E-state index in [0.717, 1.165) is 64.3 Å². The van der Waals surface area contributed by atoms with Gasteiger partial charge in [0.15, 0.2) is 0 Å². The van der Waals surface area contributed by atoms with Gasteiger partial charge in [0.1, 0.15) is 34.9 Å². The van der Waals surface area contributed by atoms with Gasteiger partial charge in [0.05, 0.1) is 34.2 Å². The van der Waals surface area contributed by atoms with E-state index < -0.39 is 0 Å². The highest BCUT2D eigenvalue weighted by Gasteiger charge is 2.24. The Labute approximate surface area is 437 Å². The lowest BCUT2D eigenvalue weighted by atomic mass is 9.86. The van der Waals surface area contributed by atoms with Crippen LogP contribution in [0.2, 0.25) is 0 Å². The maximum Gasteiger partial charge on any atom is 0.105 e. The Hall–Kier alpha value is -4.74. The average molecular weight is 990 g/mol. The third-order valence-corrected chi connectivity index (χ3v) is 17.1. The topological polar surface area (TPSA) is 107 Å². The van der Waals surface area contributed by atoms with Gasteiger partial charge in [0, 0.05) is 101 Å². The zero-order valence-corrected chi connectivity index (χ0v) is 49.1. The molecule has 4 saturated carbocycles. The maximum atomic E-state index is 4.70. The van der Waals surface area contributed by atoms with Crippen LogP contribution in [0.3, 0.4) is 0 Å². The van der Waals surface area contributed by atoms with Crippen LogP contribution in [0.25, 0.3) is 0 Å². The molecule has 12 heteroatoms. The molecule has 72 heavy (non-hydrogen) atoms. The third-order valence-electron chi connectivity index (χ3n) is 17.1. The van der Waals surface area contributed by atoms with Crippen LogP contribution in [0, 0.1) is 76.2 Å². The van der Waals surface area contributed by atoms with Gasteiger partial charge in [-0.25, -0.2) is 29.9 Å². The minimum Gasteiger partial charge on any atom is -0.338 e. The molecule has 10 rings (SSSR count). The summed E-state index contributed by atoms with van der Waals surface area (Å²) in [7, 11) is 12.5. The fourth-order valence-corrected chi connectivity index (χ4v) is 11.2. The van der Waals surface area contributed by atoms with Crippen molar-refractivity contribution in [2.75, 3.05) is 0 Å². The van der Waals surface area contributed by atoms with Crippen molar-refractivity contribution in [1.29, 1.82) is 0 Å². The molecule has 6 aromatic heterocycles. The molecule has 12 nitrogen and oxygen atoms in total. The number of nitrogens with zero attached hydrogens (tertiary/aromatic N) is 12. The summed E-state index contributed by atoms with van der Waals surface area (Å²) >= 11 is 0. The highest BCUT2D eigenvalue weighted by molar-refractivity contribution is 5.22. The van der Waals surface area contributed by atoms with Crippen LogP contribution in [0.1, 0.15) is 251 Å². The van der Waals surface area contributed by atoms with Crippen molar-refractivity contribution in [3.63, 3.8) is 0 Å². The molecule has 0 amide bonds. The third kappa shape index (κ3) is 15.2. The largest absolute Gasteiger partial charge is 0.338 e. The second-order valence-electron chi connectivity index (χ2n) is 22.4. The number of hydrogen-bond acceptors (Lipinski definition) is 6. The van der Waals surface area contributed by atoms with Crippen molar-refractivity contribution in [2.45, 2.75) is 235 Å². The van der Waals surface area contributed by atoms with E-state index >= 15 is 0 Å². The van der Waals surface area contributed by atoms with Gasteiger partial charge in [-0.3, -0.25) is 0 Å². The molecular weight excluding hydrogens is 889 g/mol. The Morgan fingerprint density at radius 2 is 0.653 bits per heavy atom. The lowest BCUT2D eigenvalue weighted by Gasteiger charge is -2.20. The number of imidazole rings is 6. The van der Waals surface area contributed by atoms with E-state index in [1.807, 2.05) is 27.8 Å². The van der Waals surface area contributed by atoms with E-state index in [1.165, 1.54) is 167 Å². The van der Waals surface area contributed by atoms with E-state index in [0.29, 0.717) is 5.92 Å². The molecule has 0 unspecified atom stereocenters. The smallest absolute Gasteiger partial charge is 0.105 e. The van der Waals surface area contributed by atoms with Crippen LogP contribution in [0.4, 0.5) is 0 Å². The predicted molar refractivity (Wildman–Crippen MR) is 300 cm³/mol. The van der Waals surface area contributed by atoms with Crippen LogP contribution < -0.4 is 0 Å². The van der Waals surface area contributed by atoms with Crippen LogP contribution in [0.5, 0.6) is 0 Å². The van der Waals surface area contributed by atoms with Gasteiger partial charge in [0.25, 0.3) is 0 Å². The first kappa shape index (κ1) is 58.2. The molecule has 4 aliphatic carbocycles. The van der Waals surface area contributed by atoms with Crippen molar-refractivity contribution in [1.82, 2.24) is 57.3 Å². The molecule has 400 valence electrons. The minimum atomic E-state index is 0.537. The number of hydrogen-bond donors (Lipinski definition) is 0. The van der Waals surface area contributed by atoms with Crippen LogP contribution in [-0.2, 0) is 42.3 Å². The van der Waals surface area contributed by atoms with Crippen molar-refractivity contribution in [2.24, 2.45) is 42.3 Å². The summed E-state index contributed by atoms with van der Waals surface area (Å²) < 4.78 is 12.9. The van der Waals surface area contributed by atoms with Gasteiger partial charge in [-0.1, -0.05) is 78.1 Å². The minimum absolute atomic E-state index is 0.537. The second-order valence-corrected chi connectivity index (χ2v) is 22.4. The maximum absolute atomic E-state index is 4.70. The van der Waals surface area contributed by atoms with Crippen molar-refractivity contribution < 1.29 is 0 Å². The van der Waals surface area contributed by atoms with Crippen LogP contribution in [-0.4, -0.2) is 57.3 Å². The Kier molecular flexibility index (Phi) is 21.8. The Morgan fingerprint density at radius 3 is 0.875 bits per heavy atom. The highest BCUT2D eigenvalue weighted by atomic mass is 15.1. The van der Waals surface area contributed by atoms with E-state index in [2.05, 4.69) is 169 Å². The summed E-state index contributed by atoms with van der Waals surface area (Å²) in [5.74, 6) is 10.3. The molecule has 4 fully saturated rings. The Morgan fingerprint density at radius 1 is 0.347 bits per heavy atom. The fraction of sp³-hybridized carbons (Fsp3) is 0.700. The molecule has 4 aliphatic rings. The first-order chi connectivity index (χ1) is 34.1. The second kappa shape index (κ2) is 27.0. The zero-order valence-electron chi connectivity index (χ0n) is 49.1. The SMILES string of the molecule is Cc1nc(C(C)C)c(C)n1C.Cc1nc(C)n(C)c1C.Cc1nc(C2CCCC2)c(C)n1C.Cc1nc(C2CCCC2)cn1C.Cc1nc(C2CCCCC2)c(C)n1C.Cc1nc(C2CCCCC2)cn1C. The predicted octanol–water partition coefficient (Wildman–Crippen LogP) is 14.4. The lowest BCUT2D eigenvalue weighted by Crippen LogP contribution is -2.06. The zero-order chi connectivity index (χ0) is 53.0. The highest BCUT2D eigenvalue weighted by Crippen LogP contribution is 2.36.